The highest BCUT2D eigenvalue weighted by atomic mass is 32.1. The minimum atomic E-state index is -0.104. The van der Waals surface area contributed by atoms with Crippen LogP contribution in [0.4, 0.5) is 5.13 Å². The Morgan fingerprint density at radius 3 is 2.41 bits per heavy atom. The molecule has 0 saturated carbocycles. The van der Waals surface area contributed by atoms with E-state index in [0.717, 1.165) is 16.1 Å². The minimum absolute atomic E-state index is 0.104. The molecule has 0 aliphatic carbocycles. The number of carbonyl (C=O) groups excluding carboxylic acids is 1. The van der Waals surface area contributed by atoms with Crippen LogP contribution in [0.15, 0.2) is 42.5 Å². The van der Waals surface area contributed by atoms with E-state index in [2.05, 4.69) is 15.5 Å². The third-order valence-corrected chi connectivity index (χ3v) is 4.84. The van der Waals surface area contributed by atoms with E-state index >= 15 is 0 Å². The van der Waals surface area contributed by atoms with Gasteiger partial charge in [-0.15, -0.1) is 10.2 Å². The lowest BCUT2D eigenvalue weighted by atomic mass is 10.1. The van der Waals surface area contributed by atoms with Crippen molar-refractivity contribution in [1.82, 2.24) is 10.2 Å². The molecule has 1 heterocycles. The Labute approximate surface area is 162 Å². The number of amides is 1. The Kier molecular flexibility index (Phi) is 6.03. The van der Waals surface area contributed by atoms with Crippen LogP contribution in [0.25, 0.3) is 0 Å². The molecule has 3 aromatic rings. The molecule has 0 fully saturated rings. The van der Waals surface area contributed by atoms with Gasteiger partial charge >= 0.3 is 0 Å². The average Bonchev–Trinajstić information content (AvgIpc) is 3.10. The summed E-state index contributed by atoms with van der Waals surface area (Å²) in [6.45, 7) is 2.02. The van der Waals surface area contributed by atoms with Gasteiger partial charge in [0.1, 0.15) is 5.01 Å². The standard InChI is InChI=1S/C20H21N3O3S/c1-13-4-6-14(7-5-13)11-18(24)21-20-23-22-19(27-20)12-15-8-9-16(25-2)17(10-15)26-3/h4-10H,11-12H2,1-3H3,(H,21,23,24). The summed E-state index contributed by atoms with van der Waals surface area (Å²) in [7, 11) is 3.21. The second-order valence-corrected chi connectivity index (χ2v) is 7.14. The summed E-state index contributed by atoms with van der Waals surface area (Å²) < 4.78 is 10.6. The molecule has 0 aliphatic heterocycles. The Hall–Kier alpha value is -2.93. The number of methoxy groups -OCH3 is 2. The van der Waals surface area contributed by atoms with E-state index in [4.69, 9.17) is 9.47 Å². The van der Waals surface area contributed by atoms with Crippen LogP contribution < -0.4 is 14.8 Å². The second kappa shape index (κ2) is 8.64. The number of hydrogen-bond acceptors (Lipinski definition) is 6. The van der Waals surface area contributed by atoms with Crippen LogP contribution in [0.5, 0.6) is 11.5 Å². The van der Waals surface area contributed by atoms with E-state index in [0.29, 0.717) is 29.5 Å². The highest BCUT2D eigenvalue weighted by Gasteiger charge is 2.11. The van der Waals surface area contributed by atoms with E-state index in [1.165, 1.54) is 16.9 Å². The fraction of sp³-hybridized carbons (Fsp3) is 0.250. The van der Waals surface area contributed by atoms with Crippen molar-refractivity contribution in [1.29, 1.82) is 0 Å². The Morgan fingerprint density at radius 2 is 1.70 bits per heavy atom. The molecule has 1 aromatic heterocycles. The van der Waals surface area contributed by atoms with Crippen molar-refractivity contribution in [3.05, 3.63) is 64.2 Å². The topological polar surface area (TPSA) is 73.3 Å². The number of ether oxygens (including phenoxy) is 2. The molecule has 3 rings (SSSR count). The lowest BCUT2D eigenvalue weighted by Gasteiger charge is -2.08. The van der Waals surface area contributed by atoms with Crippen LogP contribution in [-0.4, -0.2) is 30.3 Å². The van der Waals surface area contributed by atoms with Crippen molar-refractivity contribution in [3.8, 4) is 11.5 Å². The van der Waals surface area contributed by atoms with Crippen LogP contribution in [0.3, 0.4) is 0 Å². The van der Waals surface area contributed by atoms with Gasteiger partial charge < -0.3 is 14.8 Å². The third-order valence-electron chi connectivity index (χ3n) is 4.00. The van der Waals surface area contributed by atoms with Gasteiger partial charge in [-0.1, -0.05) is 47.2 Å². The fourth-order valence-electron chi connectivity index (χ4n) is 2.60. The number of aromatic nitrogens is 2. The number of benzene rings is 2. The molecule has 6 nitrogen and oxygen atoms in total. The maximum Gasteiger partial charge on any atom is 0.230 e. The van der Waals surface area contributed by atoms with Crippen LogP contribution in [0, 0.1) is 6.92 Å². The molecule has 27 heavy (non-hydrogen) atoms. The number of nitrogens with one attached hydrogen (secondary N) is 1. The first-order valence-electron chi connectivity index (χ1n) is 8.46. The van der Waals surface area contributed by atoms with Gasteiger partial charge in [-0.05, 0) is 30.2 Å². The predicted octanol–water partition coefficient (Wildman–Crippen LogP) is 3.64. The number of aryl methyl sites for hydroxylation is 1. The largest absolute Gasteiger partial charge is 0.493 e. The molecular weight excluding hydrogens is 362 g/mol. The highest BCUT2D eigenvalue weighted by molar-refractivity contribution is 7.15. The normalized spacial score (nSPS) is 10.5. The summed E-state index contributed by atoms with van der Waals surface area (Å²) in [6.07, 6.45) is 0.913. The molecule has 0 aliphatic rings. The van der Waals surface area contributed by atoms with Crippen molar-refractivity contribution < 1.29 is 14.3 Å². The van der Waals surface area contributed by atoms with Crippen LogP contribution in [0.1, 0.15) is 21.7 Å². The van der Waals surface area contributed by atoms with E-state index in [1.807, 2.05) is 49.4 Å². The average molecular weight is 383 g/mol. The lowest BCUT2D eigenvalue weighted by molar-refractivity contribution is -0.115. The number of anilines is 1. The maximum absolute atomic E-state index is 12.2. The van der Waals surface area contributed by atoms with Crippen LogP contribution in [-0.2, 0) is 17.6 Å². The Morgan fingerprint density at radius 1 is 1.00 bits per heavy atom. The summed E-state index contributed by atoms with van der Waals surface area (Å²) in [5.74, 6) is 1.25. The molecule has 1 amide bonds. The molecule has 0 atom stereocenters. The number of rotatable bonds is 7. The first kappa shape index (κ1) is 18.8. The van der Waals surface area contributed by atoms with Gasteiger partial charge in [0.05, 0.1) is 20.6 Å². The molecular formula is C20H21N3O3S. The van der Waals surface area contributed by atoms with Gasteiger partial charge in [-0.25, -0.2) is 0 Å². The highest BCUT2D eigenvalue weighted by Crippen LogP contribution is 2.29. The zero-order chi connectivity index (χ0) is 19.2. The first-order valence-corrected chi connectivity index (χ1v) is 9.27. The summed E-state index contributed by atoms with van der Waals surface area (Å²) >= 11 is 1.37. The molecule has 140 valence electrons. The SMILES string of the molecule is COc1ccc(Cc2nnc(NC(=O)Cc3ccc(C)cc3)s2)cc1OC. The summed E-state index contributed by atoms with van der Waals surface area (Å²) in [6, 6.07) is 13.6. The van der Waals surface area contributed by atoms with E-state index < -0.39 is 0 Å². The van der Waals surface area contributed by atoms with Gasteiger partial charge in [0.2, 0.25) is 11.0 Å². The summed E-state index contributed by atoms with van der Waals surface area (Å²) in [4.78, 5) is 12.2. The van der Waals surface area contributed by atoms with E-state index in [1.54, 1.807) is 14.2 Å². The number of hydrogen-bond donors (Lipinski definition) is 1. The van der Waals surface area contributed by atoms with Crippen molar-refractivity contribution >= 4 is 22.4 Å². The van der Waals surface area contributed by atoms with Crippen LogP contribution >= 0.6 is 11.3 Å². The van der Waals surface area contributed by atoms with Crippen LogP contribution in [0.2, 0.25) is 0 Å². The van der Waals surface area contributed by atoms with Gasteiger partial charge in [-0.2, -0.15) is 0 Å². The summed E-state index contributed by atoms with van der Waals surface area (Å²) in [5, 5.41) is 12.4. The maximum atomic E-state index is 12.2. The molecule has 7 heteroatoms. The third kappa shape index (κ3) is 5.04. The molecule has 0 radical (unpaired) electrons. The molecule has 1 N–H and O–H groups in total. The predicted molar refractivity (Wildman–Crippen MR) is 106 cm³/mol. The van der Waals surface area contributed by atoms with E-state index in [9.17, 15) is 4.79 Å². The van der Waals surface area contributed by atoms with Crippen molar-refractivity contribution in [3.63, 3.8) is 0 Å². The lowest BCUT2D eigenvalue weighted by Crippen LogP contribution is -2.14. The van der Waals surface area contributed by atoms with Gasteiger partial charge in [-0.3, -0.25) is 4.79 Å². The second-order valence-electron chi connectivity index (χ2n) is 6.08. The zero-order valence-corrected chi connectivity index (χ0v) is 16.3. The van der Waals surface area contributed by atoms with Gasteiger partial charge in [0.25, 0.3) is 0 Å². The van der Waals surface area contributed by atoms with Gasteiger partial charge in [0.15, 0.2) is 11.5 Å². The minimum Gasteiger partial charge on any atom is -0.493 e. The number of nitrogens with zero attached hydrogens (tertiary/aromatic N) is 2. The smallest absolute Gasteiger partial charge is 0.230 e. The monoisotopic (exact) mass is 383 g/mol. The molecule has 2 aromatic carbocycles. The van der Waals surface area contributed by atoms with Crippen molar-refractivity contribution in [2.45, 2.75) is 19.8 Å². The van der Waals surface area contributed by atoms with E-state index in [-0.39, 0.29) is 5.91 Å². The quantitative estimate of drug-likeness (QED) is 0.674. The molecule has 0 bridgehead atoms. The Bertz CT molecular complexity index is 922. The Balaban J connectivity index is 1.61. The van der Waals surface area contributed by atoms with Crippen molar-refractivity contribution in [2.75, 3.05) is 19.5 Å². The van der Waals surface area contributed by atoms with Crippen molar-refractivity contribution in [2.24, 2.45) is 0 Å². The number of carbonyl (C=O) groups is 1. The first-order chi connectivity index (χ1) is 13.1. The van der Waals surface area contributed by atoms with Gasteiger partial charge in [0, 0.05) is 6.42 Å². The molecule has 0 saturated heterocycles. The fourth-order valence-corrected chi connectivity index (χ4v) is 3.39. The summed E-state index contributed by atoms with van der Waals surface area (Å²) in [5.41, 5.74) is 3.16. The zero-order valence-electron chi connectivity index (χ0n) is 15.5. The molecule has 0 unspecified atom stereocenters. The molecule has 0 spiro atoms.